The number of hydrogen-bond acceptors (Lipinski definition) is 6. The van der Waals surface area contributed by atoms with Crippen molar-refractivity contribution in [1.82, 2.24) is 4.98 Å². The van der Waals surface area contributed by atoms with Crippen LogP contribution in [0.5, 0.6) is 11.5 Å². The molecule has 0 aliphatic rings. The standard InChI is InChI=1S/C18H16N2O3S2/c1-22-15-7-5-12(10-16(15)23-2)14-11-25-18(19-14)20-17(21)8-6-13-4-3-9-24-13/h3-11H,1-2H3,(H,19,20,21). The van der Waals surface area contributed by atoms with E-state index in [0.29, 0.717) is 16.6 Å². The van der Waals surface area contributed by atoms with Gasteiger partial charge in [-0.2, -0.15) is 0 Å². The maximum Gasteiger partial charge on any atom is 0.250 e. The Bertz CT molecular complexity index is 886. The molecule has 0 unspecified atom stereocenters. The molecule has 1 amide bonds. The number of benzene rings is 1. The van der Waals surface area contributed by atoms with Crippen molar-refractivity contribution in [2.45, 2.75) is 0 Å². The summed E-state index contributed by atoms with van der Waals surface area (Å²) in [6.45, 7) is 0. The summed E-state index contributed by atoms with van der Waals surface area (Å²) in [7, 11) is 3.19. The lowest BCUT2D eigenvalue weighted by molar-refractivity contribution is -0.111. The second-order valence-electron chi connectivity index (χ2n) is 4.95. The maximum atomic E-state index is 12.0. The van der Waals surface area contributed by atoms with Crippen LogP contribution >= 0.6 is 22.7 Å². The number of carbonyl (C=O) groups is 1. The highest BCUT2D eigenvalue weighted by Crippen LogP contribution is 2.33. The van der Waals surface area contributed by atoms with Gasteiger partial charge in [0.05, 0.1) is 19.9 Å². The van der Waals surface area contributed by atoms with Crippen LogP contribution in [-0.2, 0) is 4.79 Å². The molecule has 0 fully saturated rings. The summed E-state index contributed by atoms with van der Waals surface area (Å²) in [6, 6.07) is 9.48. The van der Waals surface area contributed by atoms with E-state index in [9.17, 15) is 4.79 Å². The van der Waals surface area contributed by atoms with Crippen LogP contribution in [0.4, 0.5) is 5.13 Å². The van der Waals surface area contributed by atoms with Gasteiger partial charge in [0.25, 0.3) is 0 Å². The summed E-state index contributed by atoms with van der Waals surface area (Å²) in [5.41, 5.74) is 1.66. The third kappa shape index (κ3) is 4.26. The topological polar surface area (TPSA) is 60.5 Å². The zero-order chi connectivity index (χ0) is 17.6. The number of rotatable bonds is 6. The van der Waals surface area contributed by atoms with Gasteiger partial charge in [-0.15, -0.1) is 22.7 Å². The normalized spacial score (nSPS) is 10.8. The first-order chi connectivity index (χ1) is 12.2. The predicted molar refractivity (Wildman–Crippen MR) is 103 cm³/mol. The van der Waals surface area contributed by atoms with Gasteiger partial charge in [-0.05, 0) is 35.7 Å². The van der Waals surface area contributed by atoms with Crippen LogP contribution in [0.2, 0.25) is 0 Å². The molecule has 5 nitrogen and oxygen atoms in total. The first-order valence-corrected chi connectivity index (χ1v) is 9.16. The molecule has 2 heterocycles. The number of methoxy groups -OCH3 is 2. The van der Waals surface area contributed by atoms with Gasteiger partial charge in [-0.25, -0.2) is 4.98 Å². The number of amides is 1. The lowest BCUT2D eigenvalue weighted by Gasteiger charge is -2.08. The van der Waals surface area contributed by atoms with E-state index in [1.165, 1.54) is 17.4 Å². The van der Waals surface area contributed by atoms with Crippen molar-refractivity contribution >= 4 is 39.8 Å². The molecule has 3 rings (SSSR count). The molecular weight excluding hydrogens is 356 g/mol. The summed E-state index contributed by atoms with van der Waals surface area (Å²) in [5.74, 6) is 1.09. The fourth-order valence-electron chi connectivity index (χ4n) is 2.15. The smallest absolute Gasteiger partial charge is 0.250 e. The van der Waals surface area contributed by atoms with Crippen LogP contribution in [0.1, 0.15) is 4.88 Å². The first kappa shape index (κ1) is 17.2. The van der Waals surface area contributed by atoms with Crippen molar-refractivity contribution in [3.63, 3.8) is 0 Å². The molecule has 0 saturated carbocycles. The van der Waals surface area contributed by atoms with Gasteiger partial charge in [0.1, 0.15) is 0 Å². The predicted octanol–water partition coefficient (Wildman–Crippen LogP) is 4.54. The Morgan fingerprint density at radius 2 is 2.00 bits per heavy atom. The molecule has 3 aromatic rings. The summed E-state index contributed by atoms with van der Waals surface area (Å²) >= 11 is 2.95. The van der Waals surface area contributed by atoms with Crippen molar-refractivity contribution in [2.24, 2.45) is 0 Å². The number of anilines is 1. The molecule has 0 saturated heterocycles. The molecule has 25 heavy (non-hydrogen) atoms. The van der Waals surface area contributed by atoms with E-state index in [0.717, 1.165) is 16.1 Å². The number of nitrogens with zero attached hydrogens (tertiary/aromatic N) is 1. The Hall–Kier alpha value is -2.64. The molecule has 0 aliphatic carbocycles. The molecule has 0 aliphatic heterocycles. The summed E-state index contributed by atoms with van der Waals surface area (Å²) in [6.07, 6.45) is 3.28. The molecule has 2 aromatic heterocycles. The Morgan fingerprint density at radius 1 is 1.16 bits per heavy atom. The van der Waals surface area contributed by atoms with Crippen molar-refractivity contribution < 1.29 is 14.3 Å². The van der Waals surface area contributed by atoms with Gasteiger partial charge >= 0.3 is 0 Å². The van der Waals surface area contributed by atoms with E-state index < -0.39 is 0 Å². The van der Waals surface area contributed by atoms with Crippen molar-refractivity contribution in [2.75, 3.05) is 19.5 Å². The van der Waals surface area contributed by atoms with Crippen LogP contribution in [-0.4, -0.2) is 25.1 Å². The molecule has 7 heteroatoms. The molecule has 1 aromatic carbocycles. The van der Waals surface area contributed by atoms with Crippen molar-refractivity contribution in [1.29, 1.82) is 0 Å². The second-order valence-corrected chi connectivity index (χ2v) is 6.78. The van der Waals surface area contributed by atoms with E-state index in [-0.39, 0.29) is 5.91 Å². The number of hydrogen-bond donors (Lipinski definition) is 1. The first-order valence-electron chi connectivity index (χ1n) is 7.40. The second kappa shape index (κ2) is 7.96. The van der Waals surface area contributed by atoms with E-state index >= 15 is 0 Å². The van der Waals surface area contributed by atoms with Gasteiger partial charge in [-0.3, -0.25) is 10.1 Å². The highest BCUT2D eigenvalue weighted by atomic mass is 32.1. The zero-order valence-corrected chi connectivity index (χ0v) is 15.3. The average Bonchev–Trinajstić information content (AvgIpc) is 3.31. The molecule has 0 atom stereocenters. The Labute approximate surface area is 153 Å². The Morgan fingerprint density at radius 3 is 2.72 bits per heavy atom. The van der Waals surface area contributed by atoms with E-state index in [4.69, 9.17) is 9.47 Å². The number of aromatic nitrogens is 1. The average molecular weight is 372 g/mol. The monoisotopic (exact) mass is 372 g/mol. The largest absolute Gasteiger partial charge is 0.493 e. The molecule has 0 radical (unpaired) electrons. The third-order valence-electron chi connectivity index (χ3n) is 3.36. The Balaban J connectivity index is 1.71. The summed E-state index contributed by atoms with van der Waals surface area (Å²) in [5, 5.41) is 7.18. The lowest BCUT2D eigenvalue weighted by atomic mass is 10.1. The quantitative estimate of drug-likeness (QED) is 0.645. The Kier molecular flexibility index (Phi) is 5.47. The van der Waals surface area contributed by atoms with E-state index in [2.05, 4.69) is 10.3 Å². The fraction of sp³-hybridized carbons (Fsp3) is 0.111. The van der Waals surface area contributed by atoms with Gasteiger partial charge < -0.3 is 9.47 Å². The minimum absolute atomic E-state index is 0.207. The minimum atomic E-state index is -0.207. The van der Waals surface area contributed by atoms with Gasteiger partial charge in [0.2, 0.25) is 5.91 Å². The van der Waals surface area contributed by atoms with E-state index in [1.54, 1.807) is 31.6 Å². The number of nitrogens with one attached hydrogen (secondary N) is 1. The highest BCUT2D eigenvalue weighted by molar-refractivity contribution is 7.14. The number of ether oxygens (including phenoxy) is 2. The van der Waals surface area contributed by atoms with Gasteiger partial charge in [-0.1, -0.05) is 6.07 Å². The van der Waals surface area contributed by atoms with Crippen molar-refractivity contribution in [3.05, 3.63) is 52.0 Å². The third-order valence-corrected chi connectivity index (χ3v) is 4.95. The van der Waals surface area contributed by atoms with Crippen LogP contribution in [0.3, 0.4) is 0 Å². The lowest BCUT2D eigenvalue weighted by Crippen LogP contribution is -2.07. The maximum absolute atomic E-state index is 12.0. The van der Waals surface area contributed by atoms with Crippen molar-refractivity contribution in [3.8, 4) is 22.8 Å². The minimum Gasteiger partial charge on any atom is -0.493 e. The summed E-state index contributed by atoms with van der Waals surface area (Å²) < 4.78 is 10.5. The number of carbonyl (C=O) groups excluding carboxylic acids is 1. The zero-order valence-electron chi connectivity index (χ0n) is 13.7. The molecule has 0 spiro atoms. The molecular formula is C18H16N2O3S2. The molecule has 0 bridgehead atoms. The number of thiophene rings is 1. The van der Waals surface area contributed by atoms with Crippen LogP contribution in [0.25, 0.3) is 17.3 Å². The van der Waals surface area contributed by atoms with Crippen LogP contribution in [0, 0.1) is 0 Å². The number of thiazole rings is 1. The molecule has 128 valence electrons. The van der Waals surface area contributed by atoms with Gasteiger partial charge in [0, 0.05) is 21.9 Å². The van der Waals surface area contributed by atoms with Crippen LogP contribution in [0.15, 0.2) is 47.2 Å². The SMILES string of the molecule is COc1ccc(-c2csc(NC(=O)C=Cc3cccs3)n2)cc1OC. The van der Waals surface area contributed by atoms with Crippen LogP contribution < -0.4 is 14.8 Å². The molecule has 1 N–H and O–H groups in total. The highest BCUT2D eigenvalue weighted by Gasteiger charge is 2.10. The fourth-order valence-corrected chi connectivity index (χ4v) is 3.49. The summed E-state index contributed by atoms with van der Waals surface area (Å²) in [4.78, 5) is 17.5. The van der Waals surface area contributed by atoms with Gasteiger partial charge in [0.15, 0.2) is 16.6 Å². The van der Waals surface area contributed by atoms with E-state index in [1.807, 2.05) is 41.1 Å².